The lowest BCUT2D eigenvalue weighted by Crippen LogP contribution is -2.57. The van der Waals surface area contributed by atoms with Gasteiger partial charge in [0.25, 0.3) is 18.2 Å². The molecule has 2 aliphatic rings. The van der Waals surface area contributed by atoms with Crippen LogP contribution in [0.1, 0.15) is 33.3 Å². The molecule has 3 rings (SSSR count). The van der Waals surface area contributed by atoms with Crippen LogP contribution in [0.5, 0.6) is 5.75 Å². The number of hydrogen-bond acceptors (Lipinski definition) is 5. The molecule has 10 heteroatoms. The molecule has 0 aromatic carbocycles. The van der Waals surface area contributed by atoms with Crippen LogP contribution in [0.4, 0.5) is 8.78 Å². The van der Waals surface area contributed by atoms with Crippen LogP contribution in [0.25, 0.3) is 0 Å². The summed E-state index contributed by atoms with van der Waals surface area (Å²) >= 11 is 0. The summed E-state index contributed by atoms with van der Waals surface area (Å²) in [6.07, 6.45) is -1.10. The van der Waals surface area contributed by atoms with Crippen molar-refractivity contribution in [3.05, 3.63) is 27.7 Å². The minimum Gasteiger partial charge on any atom is -0.491 e. The van der Waals surface area contributed by atoms with Crippen LogP contribution in [-0.4, -0.2) is 60.6 Å². The van der Waals surface area contributed by atoms with E-state index in [1.807, 2.05) is 0 Å². The number of primary amides is 1. The summed E-state index contributed by atoms with van der Waals surface area (Å²) in [5, 5.41) is 0. The lowest BCUT2D eigenvalue weighted by Gasteiger charge is -2.45. The zero-order chi connectivity index (χ0) is 18.3. The predicted octanol–water partition coefficient (Wildman–Crippen LogP) is 0.00670. The summed E-state index contributed by atoms with van der Waals surface area (Å²) in [5.41, 5.74) is 3.93. The van der Waals surface area contributed by atoms with Crippen molar-refractivity contribution in [2.75, 3.05) is 26.9 Å². The number of nitrogens with zero attached hydrogens (tertiary/aromatic N) is 2. The summed E-state index contributed by atoms with van der Waals surface area (Å²) in [4.78, 5) is 37.7. The Morgan fingerprint density at radius 2 is 2.16 bits per heavy atom. The first-order valence-corrected chi connectivity index (χ1v) is 7.66. The topological polar surface area (TPSA) is 104 Å². The van der Waals surface area contributed by atoms with Crippen molar-refractivity contribution in [3.8, 4) is 5.75 Å². The summed E-state index contributed by atoms with van der Waals surface area (Å²) in [6.45, 7) is -0.334. The molecule has 1 aromatic rings. The Balaban J connectivity index is 2.24. The van der Waals surface area contributed by atoms with E-state index >= 15 is 0 Å². The number of nitrogens with two attached hydrogens (primary N) is 1. The zero-order valence-electron chi connectivity index (χ0n) is 13.4. The highest BCUT2D eigenvalue weighted by Crippen LogP contribution is 2.35. The fraction of sp³-hybridized carbons (Fsp3) is 0.533. The van der Waals surface area contributed by atoms with Crippen molar-refractivity contribution in [2.24, 2.45) is 5.73 Å². The molecule has 1 saturated heterocycles. The van der Waals surface area contributed by atoms with Crippen LogP contribution >= 0.6 is 0 Å². The number of alkyl halides is 2. The number of aromatic nitrogens is 1. The van der Waals surface area contributed by atoms with Gasteiger partial charge < -0.3 is 24.7 Å². The Morgan fingerprint density at radius 1 is 1.44 bits per heavy atom. The van der Waals surface area contributed by atoms with Gasteiger partial charge >= 0.3 is 0 Å². The minimum absolute atomic E-state index is 0.0862. The molecule has 136 valence electrons. The van der Waals surface area contributed by atoms with Crippen LogP contribution in [-0.2, 0) is 4.74 Å². The number of halogens is 2. The summed E-state index contributed by atoms with van der Waals surface area (Å²) in [6, 6.07) is -1.05. The third-order valence-electron chi connectivity index (χ3n) is 4.51. The molecule has 0 spiro atoms. The van der Waals surface area contributed by atoms with Crippen LogP contribution < -0.4 is 15.9 Å². The van der Waals surface area contributed by atoms with Crippen LogP contribution in [0.3, 0.4) is 0 Å². The smallest absolute Gasteiger partial charge is 0.275 e. The molecule has 1 fully saturated rings. The molecule has 0 saturated carbocycles. The first kappa shape index (κ1) is 17.3. The molecule has 8 nitrogen and oxygen atoms in total. The Hall–Kier alpha value is -2.49. The minimum atomic E-state index is -2.74. The van der Waals surface area contributed by atoms with Gasteiger partial charge in [-0.1, -0.05) is 0 Å². The van der Waals surface area contributed by atoms with Crippen LogP contribution in [0, 0.1) is 0 Å². The lowest BCUT2D eigenvalue weighted by atomic mass is 9.95. The fourth-order valence-corrected chi connectivity index (χ4v) is 3.43. The Labute approximate surface area is 141 Å². The molecule has 2 amide bonds. The number of methoxy groups -OCH3 is 1. The number of rotatable bonds is 4. The molecular formula is C15H17F2N3O5. The molecule has 2 atom stereocenters. The third kappa shape index (κ3) is 2.76. The van der Waals surface area contributed by atoms with E-state index in [1.54, 1.807) is 0 Å². The van der Waals surface area contributed by atoms with E-state index in [9.17, 15) is 23.2 Å². The van der Waals surface area contributed by atoms with E-state index in [1.165, 1.54) is 17.9 Å². The van der Waals surface area contributed by atoms with Gasteiger partial charge in [0.15, 0.2) is 11.4 Å². The number of pyridine rings is 1. The van der Waals surface area contributed by atoms with Gasteiger partial charge in [0.2, 0.25) is 5.43 Å². The average molecular weight is 357 g/mol. The highest BCUT2D eigenvalue weighted by molar-refractivity contribution is 5.99. The largest absolute Gasteiger partial charge is 0.491 e. The van der Waals surface area contributed by atoms with Crippen molar-refractivity contribution in [1.82, 2.24) is 9.47 Å². The fourth-order valence-electron chi connectivity index (χ4n) is 3.43. The monoisotopic (exact) mass is 357 g/mol. The summed E-state index contributed by atoms with van der Waals surface area (Å²) < 4.78 is 37.7. The quantitative estimate of drug-likeness (QED) is 0.817. The van der Waals surface area contributed by atoms with E-state index in [4.69, 9.17) is 15.2 Å². The van der Waals surface area contributed by atoms with E-state index < -0.39 is 42.3 Å². The maximum Gasteiger partial charge on any atom is 0.275 e. The summed E-state index contributed by atoms with van der Waals surface area (Å²) in [5.74, 6) is -2.09. The van der Waals surface area contributed by atoms with Crippen molar-refractivity contribution in [2.45, 2.75) is 24.9 Å². The van der Waals surface area contributed by atoms with Crippen molar-refractivity contribution in [3.63, 3.8) is 0 Å². The number of amides is 2. The Kier molecular flexibility index (Phi) is 4.46. The molecule has 1 aromatic heterocycles. The third-order valence-corrected chi connectivity index (χ3v) is 4.51. The lowest BCUT2D eigenvalue weighted by molar-refractivity contribution is -0.0339. The van der Waals surface area contributed by atoms with Gasteiger partial charge in [0, 0.05) is 12.8 Å². The number of fused-ring (bicyclic) bond motifs is 3. The highest BCUT2D eigenvalue weighted by Gasteiger charge is 2.44. The number of hydrogen-bond donors (Lipinski definition) is 1. The average Bonchev–Trinajstić information content (AvgIpc) is 2.57. The number of carbonyl (C=O) groups excluding carboxylic acids is 2. The van der Waals surface area contributed by atoms with Gasteiger partial charge in [0.05, 0.1) is 32.3 Å². The Bertz CT molecular complexity index is 779. The highest BCUT2D eigenvalue weighted by atomic mass is 19.3. The molecule has 0 unspecified atom stereocenters. The van der Waals surface area contributed by atoms with Gasteiger partial charge in [0.1, 0.15) is 5.56 Å². The molecular weight excluding hydrogens is 340 g/mol. The molecule has 3 heterocycles. The van der Waals surface area contributed by atoms with Gasteiger partial charge in [-0.2, -0.15) is 0 Å². The van der Waals surface area contributed by atoms with Crippen molar-refractivity contribution in [1.29, 1.82) is 0 Å². The Morgan fingerprint density at radius 3 is 2.76 bits per heavy atom. The van der Waals surface area contributed by atoms with Gasteiger partial charge in [-0.25, -0.2) is 8.78 Å². The maximum absolute atomic E-state index is 13.0. The SMILES string of the molecule is COc1c2n(cc(C(N)=O)c1=O)[C@H]1CCOC[C@H]1N(CC(F)F)C2=O. The first-order chi connectivity index (χ1) is 11.9. The molecule has 2 aliphatic heterocycles. The molecule has 2 N–H and O–H groups in total. The molecule has 0 radical (unpaired) electrons. The van der Waals surface area contributed by atoms with Gasteiger partial charge in [-0.3, -0.25) is 14.4 Å². The normalized spacial score (nSPS) is 22.6. The van der Waals surface area contributed by atoms with E-state index in [-0.39, 0.29) is 23.6 Å². The van der Waals surface area contributed by atoms with Crippen molar-refractivity contribution < 1.29 is 27.8 Å². The second kappa shape index (κ2) is 6.43. The van der Waals surface area contributed by atoms with E-state index in [0.29, 0.717) is 13.0 Å². The van der Waals surface area contributed by atoms with Gasteiger partial charge in [-0.05, 0) is 6.42 Å². The number of ether oxygens (including phenoxy) is 2. The van der Waals surface area contributed by atoms with Crippen LogP contribution in [0.2, 0.25) is 0 Å². The van der Waals surface area contributed by atoms with E-state index in [2.05, 4.69) is 0 Å². The second-order valence-electron chi connectivity index (χ2n) is 5.87. The first-order valence-electron chi connectivity index (χ1n) is 7.66. The second-order valence-corrected chi connectivity index (χ2v) is 5.87. The van der Waals surface area contributed by atoms with Crippen molar-refractivity contribution >= 4 is 11.8 Å². The molecule has 0 aliphatic carbocycles. The van der Waals surface area contributed by atoms with Crippen LogP contribution in [0.15, 0.2) is 11.0 Å². The molecule has 0 bridgehead atoms. The molecule has 25 heavy (non-hydrogen) atoms. The number of carbonyl (C=O) groups is 2. The van der Waals surface area contributed by atoms with Gasteiger partial charge in [-0.15, -0.1) is 0 Å². The standard InChI is InChI=1S/C15H17F2N3O5/c1-24-13-11-15(23)20(5-10(16)17)9-6-25-3-2-8(9)19(11)4-7(12(13)21)14(18)22/h4,8-10H,2-3,5-6H2,1H3,(H2,18,22)/t8-,9+/m0/s1. The maximum atomic E-state index is 13.0. The van der Waals surface area contributed by atoms with E-state index in [0.717, 1.165) is 4.90 Å². The summed E-state index contributed by atoms with van der Waals surface area (Å²) in [7, 11) is 1.17. The predicted molar refractivity (Wildman–Crippen MR) is 81.1 cm³/mol. The zero-order valence-corrected chi connectivity index (χ0v) is 13.4.